The Balaban J connectivity index is 1.43. The van der Waals surface area contributed by atoms with Gasteiger partial charge in [0.1, 0.15) is 5.78 Å². The van der Waals surface area contributed by atoms with Crippen molar-refractivity contribution in [2.45, 2.75) is 38.1 Å². The summed E-state index contributed by atoms with van der Waals surface area (Å²) in [7, 11) is 1.84. The zero-order valence-electron chi connectivity index (χ0n) is 21.8. The Morgan fingerprint density at radius 1 is 1.25 bits per heavy atom. The average molecular weight is 384 g/mol. The number of Topliss-reactive ketones (excluding diaryl/α,β-unsaturated/α-hetero) is 1. The fourth-order valence-electron chi connectivity index (χ4n) is 3.85. The van der Waals surface area contributed by atoms with E-state index < -0.39 is 20.0 Å². The summed E-state index contributed by atoms with van der Waals surface area (Å²) in [5, 5.41) is 5.05. The van der Waals surface area contributed by atoms with E-state index in [2.05, 4.69) is 10.1 Å². The molecule has 0 amide bonds. The van der Waals surface area contributed by atoms with E-state index in [1.807, 2.05) is 31.4 Å². The van der Waals surface area contributed by atoms with Gasteiger partial charge in [0.25, 0.3) is 0 Å². The third-order valence-corrected chi connectivity index (χ3v) is 5.50. The molecule has 0 saturated heterocycles. The molecule has 0 spiro atoms. The molecule has 0 aliphatic heterocycles. The van der Waals surface area contributed by atoms with Gasteiger partial charge in [0.05, 0.1) is 17.4 Å². The Morgan fingerprint density at radius 2 is 2.07 bits per heavy atom. The molecule has 1 aliphatic rings. The van der Waals surface area contributed by atoms with E-state index in [0.717, 1.165) is 22.2 Å². The molecular formula is C22H27N5O. The molecule has 6 heteroatoms. The first-order valence-electron chi connectivity index (χ1n) is 12.5. The molecule has 1 aliphatic carbocycles. The van der Waals surface area contributed by atoms with Gasteiger partial charge in [-0.05, 0) is 57.8 Å². The SMILES string of the molecule is [2H]C([2H])([2H])N(C1CCC(C(=O)Cc2cc3nc(-c4cnn(C)c4)ccc3cn2)CC1)C([2H])([2H])[2H]. The second kappa shape index (κ2) is 7.80. The molecular weight excluding hydrogens is 350 g/mol. The second-order valence-corrected chi connectivity index (χ2v) is 7.49. The second-order valence-electron chi connectivity index (χ2n) is 7.49. The molecule has 0 bridgehead atoms. The molecule has 3 aromatic heterocycles. The van der Waals surface area contributed by atoms with Gasteiger partial charge in [-0.15, -0.1) is 0 Å². The van der Waals surface area contributed by atoms with Gasteiger partial charge in [-0.2, -0.15) is 5.10 Å². The molecule has 3 heterocycles. The topological polar surface area (TPSA) is 63.9 Å². The summed E-state index contributed by atoms with van der Waals surface area (Å²) in [4.78, 5) is 22.7. The smallest absolute Gasteiger partial charge is 0.141 e. The van der Waals surface area contributed by atoms with Gasteiger partial charge < -0.3 is 4.90 Å². The lowest BCUT2D eigenvalue weighted by atomic mass is 9.82. The van der Waals surface area contributed by atoms with Crippen molar-refractivity contribution in [3.05, 3.63) is 42.5 Å². The summed E-state index contributed by atoms with van der Waals surface area (Å²) in [6, 6.07) is 5.07. The van der Waals surface area contributed by atoms with E-state index in [-0.39, 0.29) is 18.1 Å². The fraction of sp³-hybridized carbons (Fsp3) is 0.455. The molecule has 0 aromatic carbocycles. The van der Waals surface area contributed by atoms with Crippen LogP contribution in [0.4, 0.5) is 0 Å². The van der Waals surface area contributed by atoms with Gasteiger partial charge in [-0.1, -0.05) is 0 Å². The quantitative estimate of drug-likeness (QED) is 0.677. The maximum atomic E-state index is 13.0. The van der Waals surface area contributed by atoms with Crippen LogP contribution in [0.5, 0.6) is 0 Å². The van der Waals surface area contributed by atoms with Crippen molar-refractivity contribution in [1.82, 2.24) is 24.6 Å². The van der Waals surface area contributed by atoms with Crippen LogP contribution in [0.25, 0.3) is 22.2 Å². The molecule has 28 heavy (non-hydrogen) atoms. The number of rotatable bonds is 5. The van der Waals surface area contributed by atoms with Gasteiger partial charge in [0, 0.05) is 62.7 Å². The predicted octanol–water partition coefficient (Wildman–Crippen LogP) is 3.26. The lowest BCUT2D eigenvalue weighted by Gasteiger charge is -2.31. The van der Waals surface area contributed by atoms with E-state index in [9.17, 15) is 4.79 Å². The number of hydrogen-bond acceptors (Lipinski definition) is 5. The van der Waals surface area contributed by atoms with Crippen molar-refractivity contribution >= 4 is 16.7 Å². The highest BCUT2D eigenvalue weighted by molar-refractivity contribution is 5.85. The maximum absolute atomic E-state index is 13.0. The van der Waals surface area contributed by atoms with Gasteiger partial charge in [-0.25, -0.2) is 4.98 Å². The first-order chi connectivity index (χ1) is 15.9. The van der Waals surface area contributed by atoms with E-state index in [1.165, 1.54) is 0 Å². The number of hydrogen-bond donors (Lipinski definition) is 0. The predicted molar refractivity (Wildman–Crippen MR) is 110 cm³/mol. The third-order valence-electron chi connectivity index (χ3n) is 5.50. The highest BCUT2D eigenvalue weighted by Crippen LogP contribution is 2.28. The summed E-state index contributed by atoms with van der Waals surface area (Å²) >= 11 is 0. The summed E-state index contributed by atoms with van der Waals surface area (Å²) < 4.78 is 47.4. The van der Waals surface area contributed by atoms with Crippen LogP contribution in [-0.2, 0) is 18.3 Å². The third kappa shape index (κ3) is 3.97. The zero-order chi connectivity index (χ0) is 24.7. The van der Waals surface area contributed by atoms with E-state index in [1.54, 1.807) is 17.1 Å². The van der Waals surface area contributed by atoms with Crippen LogP contribution in [0, 0.1) is 5.92 Å². The van der Waals surface area contributed by atoms with Gasteiger partial charge in [0.2, 0.25) is 0 Å². The molecule has 1 fully saturated rings. The van der Waals surface area contributed by atoms with Crippen molar-refractivity contribution in [3.63, 3.8) is 0 Å². The van der Waals surface area contributed by atoms with Crippen molar-refractivity contribution in [2.24, 2.45) is 13.0 Å². The Bertz CT molecular complexity index is 1170. The van der Waals surface area contributed by atoms with Gasteiger partial charge in [-0.3, -0.25) is 14.5 Å². The van der Waals surface area contributed by atoms with Gasteiger partial charge in [0.15, 0.2) is 0 Å². The molecule has 4 rings (SSSR count). The molecule has 6 nitrogen and oxygen atoms in total. The van der Waals surface area contributed by atoms with Crippen molar-refractivity contribution in [3.8, 4) is 11.3 Å². The van der Waals surface area contributed by atoms with Crippen LogP contribution in [0.2, 0.25) is 0 Å². The minimum atomic E-state index is -2.70. The summed E-state index contributed by atoms with van der Waals surface area (Å²) in [6.45, 7) is -5.41. The maximum Gasteiger partial charge on any atom is 0.141 e. The Kier molecular flexibility index (Phi) is 3.56. The monoisotopic (exact) mass is 383 g/mol. The summed E-state index contributed by atoms with van der Waals surface area (Å²) in [6.07, 6.45) is 7.13. The molecule has 146 valence electrons. The number of nitrogens with zero attached hydrogens (tertiary/aromatic N) is 5. The molecule has 0 radical (unpaired) electrons. The first kappa shape index (κ1) is 12.8. The minimum absolute atomic E-state index is 0.0306. The van der Waals surface area contributed by atoms with Crippen LogP contribution < -0.4 is 0 Å². The molecule has 0 atom stereocenters. The zero-order valence-corrected chi connectivity index (χ0v) is 15.8. The number of pyridine rings is 2. The summed E-state index contributed by atoms with van der Waals surface area (Å²) in [5.41, 5.74) is 3.06. The Hall–Kier alpha value is -2.60. The number of carbonyl (C=O) groups excluding carboxylic acids is 1. The standard InChI is InChI=1S/C22H27N5O/c1-26(2)19-7-4-15(5-8-19)22(28)11-18-10-21-16(12-23-18)6-9-20(25-21)17-13-24-27(3)14-17/h6,9-10,12-15,19H,4-5,7-8,11H2,1-3H3/i1D3,2D3. The highest BCUT2D eigenvalue weighted by Gasteiger charge is 2.27. The Labute approximate surface area is 174 Å². The van der Waals surface area contributed by atoms with Crippen molar-refractivity contribution < 1.29 is 13.0 Å². The molecule has 0 N–H and O–H groups in total. The van der Waals surface area contributed by atoms with Crippen LogP contribution in [-0.4, -0.2) is 50.4 Å². The minimum Gasteiger partial charge on any atom is -0.306 e. The van der Waals surface area contributed by atoms with Crippen LogP contribution >= 0.6 is 0 Å². The Morgan fingerprint density at radius 3 is 2.79 bits per heavy atom. The number of ketones is 1. The van der Waals surface area contributed by atoms with E-state index >= 15 is 0 Å². The number of carbonyl (C=O) groups is 1. The first-order valence-corrected chi connectivity index (χ1v) is 9.49. The van der Waals surface area contributed by atoms with E-state index in [0.29, 0.717) is 36.3 Å². The highest BCUT2D eigenvalue weighted by atomic mass is 16.1. The lowest BCUT2D eigenvalue weighted by molar-refractivity contribution is -0.123. The van der Waals surface area contributed by atoms with Crippen molar-refractivity contribution in [1.29, 1.82) is 0 Å². The van der Waals surface area contributed by atoms with Crippen LogP contribution in [0.1, 0.15) is 39.6 Å². The van der Waals surface area contributed by atoms with Gasteiger partial charge >= 0.3 is 0 Å². The van der Waals surface area contributed by atoms with Crippen LogP contribution in [0.15, 0.2) is 36.8 Å². The number of aryl methyl sites for hydroxylation is 1. The number of fused-ring (bicyclic) bond motifs is 1. The largest absolute Gasteiger partial charge is 0.306 e. The molecule has 0 unspecified atom stereocenters. The average Bonchev–Trinajstić information content (AvgIpc) is 3.18. The fourth-order valence-corrected chi connectivity index (χ4v) is 3.85. The normalized spacial score (nSPS) is 24.1. The number of aromatic nitrogens is 4. The lowest BCUT2D eigenvalue weighted by Crippen LogP contribution is -2.34. The van der Waals surface area contributed by atoms with E-state index in [4.69, 9.17) is 13.2 Å². The molecule has 3 aromatic rings. The van der Waals surface area contributed by atoms with Crippen LogP contribution in [0.3, 0.4) is 0 Å². The molecule has 1 saturated carbocycles. The van der Waals surface area contributed by atoms with Crippen molar-refractivity contribution in [2.75, 3.05) is 14.0 Å². The summed E-state index contributed by atoms with van der Waals surface area (Å²) in [5.74, 6) is -0.207.